The Hall–Kier alpha value is -2.04. The predicted molar refractivity (Wildman–Crippen MR) is 56.3 cm³/mol. The molecule has 0 fully saturated rings. The Labute approximate surface area is 91.6 Å². The third kappa shape index (κ3) is 4.00. The van der Waals surface area contributed by atoms with E-state index in [-0.39, 0.29) is 0 Å². The highest BCUT2D eigenvalue weighted by molar-refractivity contribution is 7.83. The van der Waals surface area contributed by atoms with Crippen molar-refractivity contribution in [2.45, 2.75) is 0 Å². The zero-order chi connectivity index (χ0) is 12.9. The molecule has 0 aliphatic rings. The maximum absolute atomic E-state index is 10.1. The van der Waals surface area contributed by atoms with Crippen LogP contribution in [0.2, 0.25) is 0 Å². The number of nitrogens with two attached hydrogens (primary N) is 1. The summed E-state index contributed by atoms with van der Waals surface area (Å²) in [5.74, 6) is -1.40. The molecule has 1 aromatic heterocycles. The number of aromatic nitrogens is 2. The number of nitrogen functional groups attached to an aromatic ring is 1. The summed E-state index contributed by atoms with van der Waals surface area (Å²) in [6, 6.07) is 0. The molecular formula is C5H9N5O5S. The zero-order valence-electron chi connectivity index (χ0n) is 8.37. The molecule has 3 N–H and O–H groups in total. The van der Waals surface area contributed by atoms with E-state index in [1.54, 1.807) is 12.5 Å². The second-order valence-corrected chi connectivity index (χ2v) is 4.05. The molecule has 16 heavy (non-hydrogen) atoms. The summed E-state index contributed by atoms with van der Waals surface area (Å²) in [6.07, 6.45) is 3.28. The predicted octanol–water partition coefficient (Wildman–Crippen LogP) is -0.197. The number of hydrogen-bond acceptors (Lipinski definition) is 7. The molecule has 0 aromatic carbocycles. The molecule has 0 amide bonds. The van der Waals surface area contributed by atoms with E-state index in [0.717, 1.165) is 0 Å². The first-order valence-electron chi connectivity index (χ1n) is 3.65. The van der Waals surface area contributed by atoms with Crippen LogP contribution in [0.3, 0.4) is 0 Å². The molecule has 0 unspecified atom stereocenters. The van der Waals surface area contributed by atoms with Gasteiger partial charge in [0.05, 0.1) is 0 Å². The second kappa shape index (κ2) is 5.75. The van der Waals surface area contributed by atoms with Gasteiger partial charge in [0, 0.05) is 23.3 Å². The van der Waals surface area contributed by atoms with Crippen molar-refractivity contribution in [2.24, 2.45) is 0 Å². The summed E-state index contributed by atoms with van der Waals surface area (Å²) in [5, 5.41) is 25.1. The van der Waals surface area contributed by atoms with Crippen molar-refractivity contribution in [3.63, 3.8) is 0 Å². The van der Waals surface area contributed by atoms with E-state index in [1.807, 2.05) is 5.10 Å². The molecule has 90 valence electrons. The van der Waals surface area contributed by atoms with Crippen LogP contribution in [0.4, 0.5) is 17.3 Å². The minimum atomic E-state index is -0.904. The summed E-state index contributed by atoms with van der Waals surface area (Å²) in [7, 11) is -0.611. The Morgan fingerprint density at radius 2 is 1.75 bits per heavy atom. The summed E-state index contributed by atoms with van der Waals surface area (Å²) in [5.41, 5.74) is 4.46. The van der Waals surface area contributed by atoms with E-state index in [1.165, 1.54) is 0 Å². The van der Waals surface area contributed by atoms with Gasteiger partial charge in [-0.15, -0.1) is 0 Å². The molecule has 0 radical (unpaired) electrons. The van der Waals surface area contributed by atoms with Crippen LogP contribution >= 0.6 is 0 Å². The van der Waals surface area contributed by atoms with Crippen LogP contribution in [0, 0.1) is 20.2 Å². The number of nitrogens with zero attached hydrogens (tertiary/aromatic N) is 3. The van der Waals surface area contributed by atoms with Crippen LogP contribution in [0.15, 0.2) is 0 Å². The molecule has 1 aromatic rings. The number of nitro groups is 2. The summed E-state index contributed by atoms with van der Waals surface area (Å²) in [4.78, 5) is 18.4. The Balaban J connectivity index is 0.000000487. The number of hydrogen-bond donors (Lipinski definition) is 2. The van der Waals surface area contributed by atoms with Gasteiger partial charge in [0.1, 0.15) is 5.10 Å². The standard InChI is InChI=1S/C3H3N5O4.C2H6OS/c4-1-2(7(9)10)5-6-3(1)8(11)12;1-4(2)3/h4H2,(H,5,6);1-2H3. The zero-order valence-corrected chi connectivity index (χ0v) is 9.18. The van der Waals surface area contributed by atoms with Crippen LogP contribution in [0.5, 0.6) is 0 Å². The van der Waals surface area contributed by atoms with Crippen molar-refractivity contribution in [3.8, 4) is 0 Å². The molecule has 0 spiro atoms. The molecule has 0 aliphatic heterocycles. The number of nitrogens with one attached hydrogen (secondary N) is 1. The minimum absolute atomic E-state index is 0.565. The van der Waals surface area contributed by atoms with Crippen molar-refractivity contribution in [1.29, 1.82) is 0 Å². The van der Waals surface area contributed by atoms with Crippen molar-refractivity contribution in [3.05, 3.63) is 20.2 Å². The average Bonchev–Trinajstić information content (AvgIpc) is 2.45. The van der Waals surface area contributed by atoms with E-state index in [9.17, 15) is 24.4 Å². The van der Waals surface area contributed by atoms with Gasteiger partial charge in [-0.25, -0.2) is 0 Å². The SMILES string of the molecule is CS(C)=O.Nc1c([N+](=O)[O-])n[nH]c1[N+](=O)[O-]. The van der Waals surface area contributed by atoms with Gasteiger partial charge in [0.25, 0.3) is 0 Å². The lowest BCUT2D eigenvalue weighted by Gasteiger charge is -1.88. The third-order valence-corrected chi connectivity index (χ3v) is 1.12. The van der Waals surface area contributed by atoms with Crippen molar-refractivity contribution < 1.29 is 14.1 Å². The van der Waals surface area contributed by atoms with Gasteiger partial charge in [-0.05, 0) is 14.9 Å². The Kier molecular flexibility index (Phi) is 5.01. The lowest BCUT2D eigenvalue weighted by Crippen LogP contribution is -1.96. The fourth-order valence-corrected chi connectivity index (χ4v) is 0.611. The van der Waals surface area contributed by atoms with Crippen molar-refractivity contribution in [2.75, 3.05) is 18.2 Å². The normalized spacial score (nSPS) is 9.44. The summed E-state index contributed by atoms with van der Waals surface area (Å²) in [6.45, 7) is 0. The number of rotatable bonds is 2. The van der Waals surface area contributed by atoms with Gasteiger partial charge in [0.15, 0.2) is 0 Å². The molecule has 1 heterocycles. The maximum atomic E-state index is 10.1. The number of anilines is 1. The number of H-pyrrole nitrogens is 1. The monoisotopic (exact) mass is 251 g/mol. The molecule has 0 bridgehead atoms. The molecule has 0 aliphatic carbocycles. The first-order chi connectivity index (χ1) is 7.27. The van der Waals surface area contributed by atoms with Crippen LogP contribution < -0.4 is 5.73 Å². The van der Waals surface area contributed by atoms with Crippen LogP contribution in [-0.2, 0) is 10.8 Å². The molecular weight excluding hydrogens is 242 g/mol. The molecule has 0 saturated carbocycles. The molecule has 0 saturated heterocycles. The topological polar surface area (TPSA) is 158 Å². The lowest BCUT2D eigenvalue weighted by atomic mass is 10.5. The molecule has 10 nitrogen and oxygen atoms in total. The second-order valence-electron chi connectivity index (χ2n) is 2.57. The Bertz CT molecular complexity index is 393. The van der Waals surface area contributed by atoms with Crippen LogP contribution in [0.25, 0.3) is 0 Å². The highest BCUT2D eigenvalue weighted by Gasteiger charge is 2.28. The Morgan fingerprint density at radius 1 is 1.31 bits per heavy atom. The van der Waals surface area contributed by atoms with Gasteiger partial charge in [-0.2, -0.15) is 0 Å². The quantitative estimate of drug-likeness (QED) is 0.543. The van der Waals surface area contributed by atoms with Crippen molar-refractivity contribution in [1.82, 2.24) is 10.2 Å². The lowest BCUT2D eigenvalue weighted by molar-refractivity contribution is -0.392. The first kappa shape index (κ1) is 14.0. The number of aromatic amines is 1. The summed E-state index contributed by atoms with van der Waals surface area (Å²) < 4.78 is 9.56. The largest absolute Gasteiger partial charge is 0.443 e. The van der Waals surface area contributed by atoms with E-state index in [2.05, 4.69) is 5.10 Å². The van der Waals surface area contributed by atoms with E-state index < -0.39 is 38.0 Å². The van der Waals surface area contributed by atoms with E-state index >= 15 is 0 Å². The maximum Gasteiger partial charge on any atom is 0.443 e. The van der Waals surface area contributed by atoms with E-state index in [0.29, 0.717) is 0 Å². The molecule has 11 heteroatoms. The van der Waals surface area contributed by atoms with Gasteiger partial charge < -0.3 is 26.0 Å². The van der Waals surface area contributed by atoms with Gasteiger partial charge in [-0.1, -0.05) is 0 Å². The minimum Gasteiger partial charge on any atom is -0.385 e. The van der Waals surface area contributed by atoms with E-state index in [4.69, 9.17) is 5.73 Å². The van der Waals surface area contributed by atoms with Crippen molar-refractivity contribution >= 4 is 28.1 Å². The highest BCUT2D eigenvalue weighted by Crippen LogP contribution is 2.26. The first-order valence-corrected chi connectivity index (χ1v) is 5.61. The highest BCUT2D eigenvalue weighted by atomic mass is 32.2. The average molecular weight is 251 g/mol. The Morgan fingerprint density at radius 3 is 1.94 bits per heavy atom. The fraction of sp³-hybridized carbons (Fsp3) is 0.400. The van der Waals surface area contributed by atoms with Gasteiger partial charge >= 0.3 is 11.6 Å². The molecule has 1 rings (SSSR count). The van der Waals surface area contributed by atoms with Crippen LogP contribution in [-0.4, -0.2) is 36.8 Å². The fourth-order valence-electron chi connectivity index (χ4n) is 0.611. The third-order valence-electron chi connectivity index (χ3n) is 1.12. The van der Waals surface area contributed by atoms with Crippen LogP contribution in [0.1, 0.15) is 0 Å². The smallest absolute Gasteiger partial charge is 0.385 e. The van der Waals surface area contributed by atoms with Gasteiger partial charge in [0.2, 0.25) is 5.69 Å². The van der Waals surface area contributed by atoms with Gasteiger partial charge in [-0.3, -0.25) is 4.21 Å². The summed E-state index contributed by atoms with van der Waals surface area (Å²) >= 11 is 0. The molecule has 0 atom stereocenters.